The van der Waals surface area contributed by atoms with Gasteiger partial charge in [-0.2, -0.15) is 4.73 Å². The molecule has 1 aromatic heterocycles. The minimum absolute atomic E-state index is 0.00219. The van der Waals surface area contributed by atoms with Crippen molar-refractivity contribution in [1.29, 1.82) is 0 Å². The third-order valence-electron chi connectivity index (χ3n) is 8.75. The zero-order valence-corrected chi connectivity index (χ0v) is 28.9. The van der Waals surface area contributed by atoms with Crippen LogP contribution in [0.15, 0.2) is 102 Å². The lowest BCUT2D eigenvalue weighted by Gasteiger charge is -2.41. The Balaban J connectivity index is 1.26. The highest BCUT2D eigenvalue weighted by molar-refractivity contribution is 7.99. The number of hydrogen-bond acceptors (Lipinski definition) is 7. The zero-order valence-electron chi connectivity index (χ0n) is 28.0. The Labute approximate surface area is 292 Å². The molecular weight excluding hydrogens is 639 g/mol. The quantitative estimate of drug-likeness (QED) is 0.0576. The first kappa shape index (κ1) is 36.1. The van der Waals surface area contributed by atoms with Crippen molar-refractivity contribution in [3.05, 3.63) is 125 Å². The predicted molar refractivity (Wildman–Crippen MR) is 190 cm³/mol. The highest BCUT2D eigenvalue weighted by atomic mass is 32.2. The largest absolute Gasteiger partial charge is 0.618 e. The summed E-state index contributed by atoms with van der Waals surface area (Å²) in [5.74, 6) is 0.551. The number of thioether (sulfide) groups is 1. The highest BCUT2D eigenvalue weighted by Crippen LogP contribution is 2.43. The molecule has 0 spiro atoms. The van der Waals surface area contributed by atoms with Crippen LogP contribution in [0.1, 0.15) is 74.2 Å². The Bertz CT molecular complexity index is 1670. The maximum absolute atomic E-state index is 12.5. The molecule has 0 aliphatic carbocycles. The van der Waals surface area contributed by atoms with Gasteiger partial charge in [0, 0.05) is 55.8 Å². The number of nitrogens with one attached hydrogen (secondary N) is 2. The average molecular weight is 684 g/mol. The molecule has 10 heteroatoms. The van der Waals surface area contributed by atoms with Gasteiger partial charge in [-0.25, -0.2) is 0 Å². The maximum Gasteiger partial charge on any atom is 0.251 e. The number of amides is 2. The summed E-state index contributed by atoms with van der Waals surface area (Å²) >= 11 is 1.47. The Morgan fingerprint density at radius 1 is 0.878 bits per heavy atom. The molecule has 49 heavy (non-hydrogen) atoms. The van der Waals surface area contributed by atoms with Gasteiger partial charge >= 0.3 is 0 Å². The molecule has 2 heterocycles. The van der Waals surface area contributed by atoms with Crippen molar-refractivity contribution in [3.63, 3.8) is 0 Å². The lowest BCUT2D eigenvalue weighted by Crippen LogP contribution is -2.39. The van der Waals surface area contributed by atoms with Gasteiger partial charge in [0.25, 0.3) is 5.03 Å². The minimum Gasteiger partial charge on any atom is -0.618 e. The van der Waals surface area contributed by atoms with E-state index in [4.69, 9.17) is 9.47 Å². The van der Waals surface area contributed by atoms with E-state index in [1.54, 1.807) is 6.07 Å². The molecule has 3 aromatic carbocycles. The third kappa shape index (κ3) is 10.1. The van der Waals surface area contributed by atoms with E-state index in [1.165, 1.54) is 24.9 Å². The van der Waals surface area contributed by atoms with E-state index in [0.717, 1.165) is 57.4 Å². The topological polar surface area (TPSA) is 124 Å². The number of pyridine rings is 1. The minimum atomic E-state index is -0.624. The van der Waals surface area contributed by atoms with Crippen molar-refractivity contribution >= 4 is 23.6 Å². The number of aromatic nitrogens is 1. The van der Waals surface area contributed by atoms with E-state index in [2.05, 4.69) is 35.8 Å². The van der Waals surface area contributed by atoms with Gasteiger partial charge in [-0.3, -0.25) is 9.59 Å². The number of nitrogens with zero attached hydrogens (tertiary/aromatic N) is 1. The fourth-order valence-corrected chi connectivity index (χ4v) is 6.99. The second-order valence-electron chi connectivity index (χ2n) is 12.3. The number of benzene rings is 3. The van der Waals surface area contributed by atoms with Crippen molar-refractivity contribution < 1.29 is 28.9 Å². The predicted octanol–water partition coefficient (Wildman–Crippen LogP) is 6.38. The first-order valence-corrected chi connectivity index (χ1v) is 17.8. The number of carbonyl (C=O) groups is 2. The van der Waals surface area contributed by atoms with Gasteiger partial charge in [-0.15, -0.1) is 0 Å². The van der Waals surface area contributed by atoms with Gasteiger partial charge < -0.3 is 30.4 Å². The molecule has 4 aromatic rings. The number of unbranched alkanes of at least 4 members (excludes halogenated alkanes) is 2. The summed E-state index contributed by atoms with van der Waals surface area (Å²) in [6, 6.07) is 29.4. The molecule has 4 atom stereocenters. The van der Waals surface area contributed by atoms with Gasteiger partial charge in [-0.05, 0) is 46.7 Å². The van der Waals surface area contributed by atoms with Crippen LogP contribution in [0.4, 0.5) is 0 Å². The lowest BCUT2D eigenvalue weighted by molar-refractivity contribution is -0.645. The van der Waals surface area contributed by atoms with Crippen molar-refractivity contribution in [3.8, 4) is 11.1 Å². The molecular formula is C39H45N3O6S. The number of ether oxygens (including phenoxy) is 2. The Morgan fingerprint density at radius 2 is 1.61 bits per heavy atom. The van der Waals surface area contributed by atoms with E-state index in [1.807, 2.05) is 66.7 Å². The van der Waals surface area contributed by atoms with Gasteiger partial charge in [0.05, 0.1) is 18.8 Å². The fourth-order valence-electron chi connectivity index (χ4n) is 5.91. The lowest BCUT2D eigenvalue weighted by atomic mass is 9.91. The number of aliphatic hydroxyl groups is 1. The fraction of sp³-hybridized carbons (Fsp3) is 0.359. The summed E-state index contributed by atoms with van der Waals surface area (Å²) in [4.78, 5) is 23.5. The van der Waals surface area contributed by atoms with Gasteiger partial charge in [0.2, 0.25) is 11.8 Å². The normalized spacial score (nSPS) is 18.9. The van der Waals surface area contributed by atoms with E-state index in [0.29, 0.717) is 30.3 Å². The summed E-state index contributed by atoms with van der Waals surface area (Å²) < 4.78 is 14.1. The Morgan fingerprint density at radius 3 is 2.35 bits per heavy atom. The van der Waals surface area contributed by atoms with Crippen LogP contribution in [0.5, 0.6) is 0 Å². The van der Waals surface area contributed by atoms with E-state index in [9.17, 15) is 19.9 Å². The van der Waals surface area contributed by atoms with Gasteiger partial charge in [-0.1, -0.05) is 97.9 Å². The molecule has 0 radical (unpaired) electrons. The monoisotopic (exact) mass is 683 g/mol. The smallest absolute Gasteiger partial charge is 0.251 e. The summed E-state index contributed by atoms with van der Waals surface area (Å²) in [6.07, 6.45) is 3.38. The third-order valence-corrected chi connectivity index (χ3v) is 9.86. The number of carbonyl (C=O) groups excluding carboxylic acids is 2. The highest BCUT2D eigenvalue weighted by Gasteiger charge is 2.38. The van der Waals surface area contributed by atoms with Crippen LogP contribution in [0, 0.1) is 11.1 Å². The van der Waals surface area contributed by atoms with Gasteiger partial charge in [0.15, 0.2) is 12.5 Å². The van der Waals surface area contributed by atoms with Crippen LogP contribution in [-0.4, -0.2) is 35.3 Å². The Hall–Kier alpha value is -4.22. The molecule has 258 valence electrons. The molecule has 0 saturated carbocycles. The molecule has 3 N–H and O–H groups in total. The number of rotatable bonds is 15. The summed E-state index contributed by atoms with van der Waals surface area (Å²) in [6.45, 7) is 4.65. The maximum atomic E-state index is 12.5. The Kier molecular flexibility index (Phi) is 13.2. The van der Waals surface area contributed by atoms with Crippen LogP contribution in [0.25, 0.3) is 11.1 Å². The summed E-state index contributed by atoms with van der Waals surface area (Å²) in [5, 5.41) is 28.3. The summed E-state index contributed by atoms with van der Waals surface area (Å²) in [5.41, 5.74) is 5.79. The standard InChI is InChI=1S/C39H45N3O6S/c1-27-35(26-49-37-13-7-9-23-42(37)46)47-39(48-38(27)31-16-14-29(25-43)15-17-31)32-20-18-30(19-21-32)34-11-6-5-10-33(34)24-41-36(45)12-4-3-8-22-40-28(2)44/h5-7,9-11,13-21,23,27,35,38-39,43H,3-4,8,12,22,24-26H2,1-2H3,(H,40,44)(H,41,45). The molecule has 0 bridgehead atoms. The molecule has 1 aliphatic rings. The first-order valence-electron chi connectivity index (χ1n) is 16.8. The molecule has 1 fully saturated rings. The molecule has 9 nitrogen and oxygen atoms in total. The van der Waals surface area contributed by atoms with Crippen molar-refractivity contribution in [2.75, 3.05) is 12.3 Å². The molecule has 2 amide bonds. The number of aliphatic hydroxyl groups excluding tert-OH is 1. The van der Waals surface area contributed by atoms with Crippen LogP contribution in [-0.2, 0) is 32.2 Å². The second-order valence-corrected chi connectivity index (χ2v) is 13.4. The van der Waals surface area contributed by atoms with Crippen molar-refractivity contribution in [2.24, 2.45) is 5.92 Å². The van der Waals surface area contributed by atoms with E-state index < -0.39 is 6.29 Å². The molecule has 1 aliphatic heterocycles. The SMILES string of the molecule is CC(=O)NCCCCCC(=O)NCc1ccccc1-c1ccc(C2OC(CSc3cccc[n+]3[O-])C(C)C(c3ccc(CO)cc3)O2)cc1. The van der Waals surface area contributed by atoms with Crippen molar-refractivity contribution in [2.45, 2.75) is 76.2 Å². The second kappa shape index (κ2) is 18.0. The van der Waals surface area contributed by atoms with E-state index >= 15 is 0 Å². The zero-order chi connectivity index (χ0) is 34.6. The van der Waals surface area contributed by atoms with Gasteiger partial charge in [0.1, 0.15) is 0 Å². The molecule has 1 saturated heterocycles. The van der Waals surface area contributed by atoms with Crippen LogP contribution < -0.4 is 15.4 Å². The average Bonchev–Trinajstić information content (AvgIpc) is 3.12. The van der Waals surface area contributed by atoms with Crippen molar-refractivity contribution in [1.82, 2.24) is 10.6 Å². The van der Waals surface area contributed by atoms with Crippen LogP contribution >= 0.6 is 11.8 Å². The molecule has 5 rings (SSSR count). The number of hydrogen-bond donors (Lipinski definition) is 3. The van der Waals surface area contributed by atoms with Crippen LogP contribution in [0.3, 0.4) is 0 Å². The van der Waals surface area contributed by atoms with Crippen LogP contribution in [0.2, 0.25) is 0 Å². The first-order chi connectivity index (χ1) is 23.8. The van der Waals surface area contributed by atoms with E-state index in [-0.39, 0.29) is 36.5 Å². The summed E-state index contributed by atoms with van der Waals surface area (Å²) in [7, 11) is 0. The molecule has 4 unspecified atom stereocenters.